The third-order valence-corrected chi connectivity index (χ3v) is 4.93. The zero-order valence-corrected chi connectivity index (χ0v) is 15.6. The van der Waals surface area contributed by atoms with Gasteiger partial charge in [-0.3, -0.25) is 14.2 Å². The molecule has 2 heterocycles. The molecule has 1 saturated carbocycles. The van der Waals surface area contributed by atoms with E-state index in [1.165, 1.54) is 33.9 Å². The van der Waals surface area contributed by atoms with E-state index in [-0.39, 0.29) is 29.2 Å². The highest BCUT2D eigenvalue weighted by molar-refractivity contribution is 5.77. The molecular weight excluding hydrogens is 387 g/mol. The van der Waals surface area contributed by atoms with E-state index in [1.54, 1.807) is 11.9 Å². The van der Waals surface area contributed by atoms with Crippen LogP contribution in [0.2, 0.25) is 0 Å². The van der Waals surface area contributed by atoms with Gasteiger partial charge in [0.15, 0.2) is 5.65 Å². The zero-order chi connectivity index (χ0) is 20.8. The summed E-state index contributed by atoms with van der Waals surface area (Å²) in [6.45, 7) is 0.510. The minimum atomic E-state index is -4.49. The van der Waals surface area contributed by atoms with E-state index in [2.05, 4.69) is 10.1 Å². The molecule has 0 N–H and O–H groups in total. The number of carbonyl (C=O) groups excluding carboxylic acids is 1. The molecule has 1 aliphatic rings. The summed E-state index contributed by atoms with van der Waals surface area (Å²) in [7, 11) is 1.70. The Labute approximate surface area is 163 Å². The van der Waals surface area contributed by atoms with Crippen LogP contribution in [0, 0.1) is 5.92 Å². The Hall–Kier alpha value is -3.17. The number of hydrogen-bond acceptors (Lipinski definition) is 4. The van der Waals surface area contributed by atoms with Gasteiger partial charge in [0, 0.05) is 13.6 Å². The zero-order valence-electron chi connectivity index (χ0n) is 15.6. The van der Waals surface area contributed by atoms with Crippen molar-refractivity contribution in [2.45, 2.75) is 25.6 Å². The van der Waals surface area contributed by atoms with Gasteiger partial charge in [0.2, 0.25) is 5.91 Å². The SMILES string of the molecule is CN(CC1CC1)C(=O)Cn1cnc2c(cnn2-c2cccc(C(F)(F)F)c2)c1=O. The van der Waals surface area contributed by atoms with Crippen molar-refractivity contribution < 1.29 is 18.0 Å². The lowest BCUT2D eigenvalue weighted by Crippen LogP contribution is -2.35. The molecule has 0 saturated heterocycles. The van der Waals surface area contributed by atoms with Crippen LogP contribution in [0.4, 0.5) is 13.2 Å². The van der Waals surface area contributed by atoms with E-state index in [4.69, 9.17) is 0 Å². The molecule has 0 unspecified atom stereocenters. The Morgan fingerprint density at radius 2 is 2.07 bits per heavy atom. The number of fused-ring (bicyclic) bond motifs is 1. The van der Waals surface area contributed by atoms with Crippen molar-refractivity contribution in [3.63, 3.8) is 0 Å². The number of benzene rings is 1. The second-order valence-electron chi connectivity index (χ2n) is 7.24. The van der Waals surface area contributed by atoms with E-state index in [9.17, 15) is 22.8 Å². The molecule has 0 spiro atoms. The molecule has 152 valence electrons. The molecular formula is C19H18F3N5O2. The minimum absolute atomic E-state index is 0.127. The predicted molar refractivity (Wildman–Crippen MR) is 98.5 cm³/mol. The van der Waals surface area contributed by atoms with Gasteiger partial charge >= 0.3 is 6.18 Å². The van der Waals surface area contributed by atoms with Crippen LogP contribution in [0.5, 0.6) is 0 Å². The molecule has 7 nitrogen and oxygen atoms in total. The van der Waals surface area contributed by atoms with Crippen LogP contribution >= 0.6 is 0 Å². The Kier molecular flexibility index (Phi) is 4.64. The quantitative estimate of drug-likeness (QED) is 0.654. The lowest BCUT2D eigenvalue weighted by atomic mass is 10.2. The molecule has 1 aromatic carbocycles. The molecule has 0 aliphatic heterocycles. The summed E-state index contributed by atoms with van der Waals surface area (Å²) in [6.07, 6.45) is 0.199. The Bertz CT molecular complexity index is 1130. The summed E-state index contributed by atoms with van der Waals surface area (Å²) >= 11 is 0. The molecule has 10 heteroatoms. The van der Waals surface area contributed by atoms with Gasteiger partial charge in [-0.15, -0.1) is 0 Å². The van der Waals surface area contributed by atoms with Gasteiger partial charge in [0.05, 0.1) is 17.4 Å². The van der Waals surface area contributed by atoms with Crippen molar-refractivity contribution >= 4 is 16.9 Å². The molecule has 0 radical (unpaired) electrons. The van der Waals surface area contributed by atoms with E-state index in [0.717, 1.165) is 25.0 Å². The number of aromatic nitrogens is 4. The fourth-order valence-electron chi connectivity index (χ4n) is 3.12. The van der Waals surface area contributed by atoms with Gasteiger partial charge in [-0.05, 0) is 37.0 Å². The average molecular weight is 405 g/mol. The van der Waals surface area contributed by atoms with Gasteiger partial charge in [0.1, 0.15) is 18.3 Å². The molecule has 1 fully saturated rings. The minimum Gasteiger partial charge on any atom is -0.344 e. The molecule has 1 aliphatic carbocycles. The van der Waals surface area contributed by atoms with Gasteiger partial charge in [-0.2, -0.15) is 18.3 Å². The number of alkyl halides is 3. The number of hydrogen-bond donors (Lipinski definition) is 0. The summed E-state index contributed by atoms with van der Waals surface area (Å²) < 4.78 is 41.3. The first kappa shape index (κ1) is 19.2. The van der Waals surface area contributed by atoms with Crippen LogP contribution in [-0.4, -0.2) is 43.7 Å². The monoisotopic (exact) mass is 405 g/mol. The molecule has 1 amide bonds. The van der Waals surface area contributed by atoms with Crippen molar-refractivity contribution in [1.82, 2.24) is 24.2 Å². The summed E-state index contributed by atoms with van der Waals surface area (Å²) in [4.78, 5) is 30.8. The fraction of sp³-hybridized carbons (Fsp3) is 0.368. The first-order chi connectivity index (χ1) is 13.7. The number of rotatable bonds is 5. The maximum absolute atomic E-state index is 13.0. The van der Waals surface area contributed by atoms with Crippen molar-refractivity contribution in [3.8, 4) is 5.69 Å². The smallest absolute Gasteiger partial charge is 0.344 e. The summed E-state index contributed by atoms with van der Waals surface area (Å²) in [5, 5.41) is 4.16. The second kappa shape index (κ2) is 7.02. The Morgan fingerprint density at radius 3 is 2.76 bits per heavy atom. The maximum Gasteiger partial charge on any atom is 0.416 e. The number of nitrogens with zero attached hydrogens (tertiary/aromatic N) is 5. The van der Waals surface area contributed by atoms with E-state index in [1.807, 2.05) is 0 Å². The van der Waals surface area contributed by atoms with E-state index >= 15 is 0 Å². The van der Waals surface area contributed by atoms with Gasteiger partial charge < -0.3 is 4.90 Å². The van der Waals surface area contributed by atoms with Crippen LogP contribution in [-0.2, 0) is 17.5 Å². The van der Waals surface area contributed by atoms with E-state index in [0.29, 0.717) is 12.5 Å². The lowest BCUT2D eigenvalue weighted by molar-refractivity contribution is -0.137. The summed E-state index contributed by atoms with van der Waals surface area (Å²) in [5.41, 5.74) is -1.03. The van der Waals surface area contributed by atoms with Crippen LogP contribution in [0.1, 0.15) is 18.4 Å². The van der Waals surface area contributed by atoms with Crippen LogP contribution < -0.4 is 5.56 Å². The Balaban J connectivity index is 1.64. The maximum atomic E-state index is 13.0. The Morgan fingerprint density at radius 1 is 1.31 bits per heavy atom. The number of amides is 1. The molecule has 29 heavy (non-hydrogen) atoms. The van der Waals surface area contributed by atoms with Gasteiger partial charge in [-0.25, -0.2) is 9.67 Å². The topological polar surface area (TPSA) is 73.0 Å². The second-order valence-corrected chi connectivity index (χ2v) is 7.24. The van der Waals surface area contributed by atoms with Crippen molar-refractivity contribution in [2.75, 3.05) is 13.6 Å². The van der Waals surface area contributed by atoms with Gasteiger partial charge in [0.25, 0.3) is 5.56 Å². The molecule has 0 bridgehead atoms. The molecule has 4 rings (SSSR count). The lowest BCUT2D eigenvalue weighted by Gasteiger charge is -2.17. The highest BCUT2D eigenvalue weighted by atomic mass is 19.4. The molecule has 0 atom stereocenters. The van der Waals surface area contributed by atoms with Crippen LogP contribution in [0.25, 0.3) is 16.7 Å². The number of likely N-dealkylation sites (N-methyl/N-ethyl adjacent to an activating group) is 1. The van der Waals surface area contributed by atoms with Crippen molar-refractivity contribution in [1.29, 1.82) is 0 Å². The van der Waals surface area contributed by atoms with Gasteiger partial charge in [-0.1, -0.05) is 6.07 Å². The normalized spacial score (nSPS) is 14.3. The van der Waals surface area contributed by atoms with Crippen molar-refractivity contribution in [2.24, 2.45) is 5.92 Å². The van der Waals surface area contributed by atoms with Crippen molar-refractivity contribution in [3.05, 3.63) is 52.7 Å². The van der Waals surface area contributed by atoms with Crippen LogP contribution in [0.3, 0.4) is 0 Å². The average Bonchev–Trinajstić information content (AvgIpc) is 3.38. The summed E-state index contributed by atoms with van der Waals surface area (Å²) in [6, 6.07) is 4.61. The summed E-state index contributed by atoms with van der Waals surface area (Å²) in [5.74, 6) is 0.331. The standard InChI is InChI=1S/C19H18F3N5O2/c1-25(9-12-5-6-12)16(28)10-26-11-23-17-15(18(26)29)8-24-27(17)14-4-2-3-13(7-14)19(20,21)22/h2-4,7-8,11-12H,5-6,9-10H2,1H3. The third kappa shape index (κ3) is 3.87. The first-order valence-electron chi connectivity index (χ1n) is 9.09. The first-order valence-corrected chi connectivity index (χ1v) is 9.09. The molecule has 3 aromatic rings. The predicted octanol–water partition coefficient (Wildman–Crippen LogP) is 2.47. The highest BCUT2D eigenvalue weighted by Gasteiger charge is 2.31. The highest BCUT2D eigenvalue weighted by Crippen LogP contribution is 2.31. The fourth-order valence-corrected chi connectivity index (χ4v) is 3.12. The van der Waals surface area contributed by atoms with Crippen LogP contribution in [0.15, 0.2) is 41.6 Å². The number of halogens is 3. The molecule has 2 aromatic heterocycles. The largest absolute Gasteiger partial charge is 0.416 e. The number of carbonyl (C=O) groups is 1. The third-order valence-electron chi connectivity index (χ3n) is 4.93. The van der Waals surface area contributed by atoms with E-state index < -0.39 is 17.3 Å².